The number of benzene rings is 2. The maximum Gasteiger partial charge on any atom is 0.250 e. The van der Waals surface area contributed by atoms with E-state index in [1.807, 2.05) is 36.6 Å². The van der Waals surface area contributed by atoms with Crippen LogP contribution in [0, 0.1) is 11.8 Å². The van der Waals surface area contributed by atoms with Crippen LogP contribution in [0.5, 0.6) is 0 Å². The van der Waals surface area contributed by atoms with E-state index in [0.29, 0.717) is 35.7 Å². The highest BCUT2D eigenvalue weighted by Crippen LogP contribution is 2.53. The van der Waals surface area contributed by atoms with Gasteiger partial charge in [0.25, 0.3) is 0 Å². The largest absolute Gasteiger partial charge is 0.324 e. The van der Waals surface area contributed by atoms with E-state index < -0.39 is 17.4 Å². The van der Waals surface area contributed by atoms with Crippen molar-refractivity contribution >= 4 is 46.8 Å². The molecule has 2 saturated heterocycles. The highest BCUT2D eigenvalue weighted by atomic mass is 35.5. The molecule has 3 aliphatic rings. The summed E-state index contributed by atoms with van der Waals surface area (Å²) in [4.78, 5) is 41.9. The summed E-state index contributed by atoms with van der Waals surface area (Å²) in [6.07, 6.45) is 3.29. The van der Waals surface area contributed by atoms with Crippen molar-refractivity contribution in [3.05, 3.63) is 64.7 Å². The predicted octanol–water partition coefficient (Wildman–Crippen LogP) is 3.06. The van der Waals surface area contributed by atoms with E-state index >= 15 is 0 Å². The van der Waals surface area contributed by atoms with Crippen LogP contribution >= 0.6 is 23.4 Å². The standard InChI is InChI=1S/C24H24ClN3O3S/c1-32-12-10-18-19-20(22(30)28(21(19)29)11-9-14-5-3-2-4-6-14)24(27-18)16-13-15(25)7-8-17(16)26-23(24)31/h2-8,13,18-20,27H,9-12H2,1H3,(H,26,31)/t18?,19-,20+,24?/m1/s1. The van der Waals surface area contributed by atoms with Crippen molar-refractivity contribution in [2.24, 2.45) is 11.8 Å². The van der Waals surface area contributed by atoms with Crippen LogP contribution in [-0.4, -0.2) is 47.2 Å². The van der Waals surface area contributed by atoms with Crippen LogP contribution < -0.4 is 10.6 Å². The van der Waals surface area contributed by atoms with Crippen molar-refractivity contribution in [3.8, 4) is 0 Å². The molecule has 0 bridgehead atoms. The fourth-order valence-corrected chi connectivity index (χ4v) is 6.09. The molecule has 2 N–H and O–H groups in total. The van der Waals surface area contributed by atoms with Gasteiger partial charge in [-0.25, -0.2) is 0 Å². The molecule has 1 spiro atoms. The molecule has 4 atom stereocenters. The van der Waals surface area contributed by atoms with Crippen LogP contribution in [0.25, 0.3) is 0 Å². The van der Waals surface area contributed by atoms with Crippen LogP contribution in [0.2, 0.25) is 5.02 Å². The van der Waals surface area contributed by atoms with Crippen LogP contribution in [0.4, 0.5) is 5.69 Å². The molecule has 3 aliphatic heterocycles. The maximum atomic E-state index is 13.7. The SMILES string of the molecule is CSCCC1NC2(C(=O)Nc3ccc(Cl)cc32)[C@@H]2C(=O)N(CCc3ccccc3)C(=O)[C@H]12. The number of anilines is 1. The number of carbonyl (C=O) groups excluding carboxylic acids is 3. The molecule has 3 amide bonds. The van der Waals surface area contributed by atoms with Crippen molar-refractivity contribution < 1.29 is 14.4 Å². The summed E-state index contributed by atoms with van der Waals surface area (Å²) in [5.74, 6) is -1.28. The summed E-state index contributed by atoms with van der Waals surface area (Å²) in [6, 6.07) is 14.7. The van der Waals surface area contributed by atoms with Crippen LogP contribution in [0.1, 0.15) is 17.5 Å². The molecule has 3 heterocycles. The number of hydrogen-bond donors (Lipinski definition) is 2. The van der Waals surface area contributed by atoms with Gasteiger partial charge in [0.2, 0.25) is 17.7 Å². The Bertz CT molecular complexity index is 1100. The number of rotatable bonds is 6. The van der Waals surface area contributed by atoms with Gasteiger partial charge in [-0.3, -0.25) is 24.6 Å². The number of nitrogens with one attached hydrogen (secondary N) is 2. The Labute approximate surface area is 196 Å². The van der Waals surface area contributed by atoms with E-state index in [-0.39, 0.29) is 23.8 Å². The van der Waals surface area contributed by atoms with Gasteiger partial charge >= 0.3 is 0 Å². The van der Waals surface area contributed by atoms with Crippen molar-refractivity contribution in [2.45, 2.75) is 24.4 Å². The Hall–Kier alpha value is -2.35. The van der Waals surface area contributed by atoms with Gasteiger partial charge in [0.05, 0.1) is 11.8 Å². The van der Waals surface area contributed by atoms with Gasteiger partial charge < -0.3 is 5.32 Å². The lowest BCUT2D eigenvalue weighted by molar-refractivity contribution is -0.142. The van der Waals surface area contributed by atoms with E-state index in [9.17, 15) is 14.4 Å². The van der Waals surface area contributed by atoms with Gasteiger partial charge in [0.15, 0.2) is 0 Å². The van der Waals surface area contributed by atoms with Crippen molar-refractivity contribution in [3.63, 3.8) is 0 Å². The minimum absolute atomic E-state index is 0.185. The number of thioether (sulfide) groups is 1. The van der Waals surface area contributed by atoms with E-state index in [4.69, 9.17) is 11.6 Å². The molecule has 32 heavy (non-hydrogen) atoms. The zero-order valence-electron chi connectivity index (χ0n) is 17.6. The number of nitrogens with zero attached hydrogens (tertiary/aromatic N) is 1. The molecule has 0 aliphatic carbocycles. The smallest absolute Gasteiger partial charge is 0.250 e. The molecule has 6 nitrogen and oxygen atoms in total. The van der Waals surface area contributed by atoms with E-state index in [0.717, 1.165) is 11.3 Å². The molecule has 0 aromatic heterocycles. The summed E-state index contributed by atoms with van der Waals surface area (Å²) in [6.45, 7) is 0.310. The summed E-state index contributed by atoms with van der Waals surface area (Å²) in [5.41, 5.74) is 1.08. The monoisotopic (exact) mass is 469 g/mol. The third-order valence-corrected chi connectivity index (χ3v) is 7.75. The number of likely N-dealkylation sites (tertiary alicyclic amines) is 1. The molecule has 166 valence electrons. The first-order valence-corrected chi connectivity index (χ1v) is 12.5. The Morgan fingerprint density at radius 3 is 2.62 bits per heavy atom. The number of imide groups is 1. The second-order valence-corrected chi connectivity index (χ2v) is 9.97. The number of halogens is 1. The summed E-state index contributed by atoms with van der Waals surface area (Å²) >= 11 is 7.96. The zero-order valence-corrected chi connectivity index (χ0v) is 19.2. The van der Waals surface area contributed by atoms with Gasteiger partial charge in [-0.2, -0.15) is 11.8 Å². The predicted molar refractivity (Wildman–Crippen MR) is 126 cm³/mol. The lowest BCUT2D eigenvalue weighted by Crippen LogP contribution is -2.53. The lowest BCUT2D eigenvalue weighted by Gasteiger charge is -2.29. The zero-order chi connectivity index (χ0) is 22.5. The van der Waals surface area contributed by atoms with E-state index in [2.05, 4.69) is 10.6 Å². The molecule has 2 aromatic rings. The third-order valence-electron chi connectivity index (χ3n) is 6.87. The van der Waals surface area contributed by atoms with Crippen LogP contribution in [-0.2, 0) is 26.3 Å². The molecule has 2 unspecified atom stereocenters. The number of amides is 3. The van der Waals surface area contributed by atoms with Gasteiger partial charge in [0, 0.05) is 28.9 Å². The maximum absolute atomic E-state index is 13.7. The minimum Gasteiger partial charge on any atom is -0.324 e. The first-order valence-electron chi connectivity index (χ1n) is 10.7. The average molecular weight is 470 g/mol. The topological polar surface area (TPSA) is 78.5 Å². The van der Waals surface area contributed by atoms with E-state index in [1.54, 1.807) is 30.0 Å². The van der Waals surface area contributed by atoms with Crippen molar-refractivity contribution in [1.29, 1.82) is 0 Å². The van der Waals surface area contributed by atoms with Gasteiger partial charge in [0.1, 0.15) is 5.54 Å². The number of carbonyl (C=O) groups is 3. The minimum atomic E-state index is -1.28. The highest BCUT2D eigenvalue weighted by molar-refractivity contribution is 7.98. The first kappa shape index (κ1) is 21.5. The Morgan fingerprint density at radius 1 is 1.09 bits per heavy atom. The first-order chi connectivity index (χ1) is 15.5. The molecule has 0 radical (unpaired) electrons. The summed E-state index contributed by atoms with van der Waals surface area (Å²) < 4.78 is 0. The van der Waals surface area contributed by atoms with E-state index in [1.165, 1.54) is 4.90 Å². The van der Waals surface area contributed by atoms with Crippen molar-refractivity contribution in [1.82, 2.24) is 10.2 Å². The normalized spacial score (nSPS) is 28.4. The Balaban J connectivity index is 1.53. The molecule has 2 aromatic carbocycles. The molecule has 0 saturated carbocycles. The highest BCUT2D eigenvalue weighted by Gasteiger charge is 2.70. The van der Waals surface area contributed by atoms with Gasteiger partial charge in [-0.1, -0.05) is 41.9 Å². The second-order valence-electron chi connectivity index (χ2n) is 8.55. The fraction of sp³-hybridized carbons (Fsp3) is 0.375. The average Bonchev–Trinajstić information content (AvgIpc) is 3.37. The number of hydrogen-bond acceptors (Lipinski definition) is 5. The third kappa shape index (κ3) is 3.17. The van der Waals surface area contributed by atoms with Crippen LogP contribution in [0.15, 0.2) is 48.5 Å². The number of fused-ring (bicyclic) bond motifs is 4. The van der Waals surface area contributed by atoms with Gasteiger partial charge in [-0.05, 0) is 48.6 Å². The summed E-state index contributed by atoms with van der Waals surface area (Å²) in [7, 11) is 0. The quantitative estimate of drug-likeness (QED) is 0.636. The molecular formula is C24H24ClN3O3S. The Morgan fingerprint density at radius 2 is 1.88 bits per heavy atom. The Kier molecular flexibility index (Phi) is 5.51. The molecule has 2 fully saturated rings. The molecular weight excluding hydrogens is 446 g/mol. The molecule has 5 rings (SSSR count). The fourth-order valence-electron chi connectivity index (χ4n) is 5.43. The second kappa shape index (κ2) is 8.21. The van der Waals surface area contributed by atoms with Crippen molar-refractivity contribution in [2.75, 3.05) is 23.9 Å². The summed E-state index contributed by atoms with van der Waals surface area (Å²) in [5, 5.41) is 6.84. The van der Waals surface area contributed by atoms with Crippen LogP contribution in [0.3, 0.4) is 0 Å². The molecule has 8 heteroatoms. The van der Waals surface area contributed by atoms with Gasteiger partial charge in [-0.15, -0.1) is 0 Å². The lowest BCUT2D eigenvalue weighted by atomic mass is 9.76.